The largest absolute Gasteiger partial charge is 0.342 e. The van der Waals surface area contributed by atoms with Crippen LogP contribution in [0.4, 0.5) is 0 Å². The summed E-state index contributed by atoms with van der Waals surface area (Å²) in [5.41, 5.74) is 5.41. The third-order valence-corrected chi connectivity index (χ3v) is 2.35. The van der Waals surface area contributed by atoms with Crippen molar-refractivity contribution in [3.8, 4) is 0 Å². The molecule has 3 nitrogen and oxygen atoms in total. The summed E-state index contributed by atoms with van der Waals surface area (Å²) in [6, 6.07) is 0. The minimum absolute atomic E-state index is 0.238. The van der Waals surface area contributed by atoms with E-state index in [0.29, 0.717) is 25.4 Å². The third kappa shape index (κ3) is 4.88. The first kappa shape index (κ1) is 12.4. The number of nitrogens with two attached hydrogens (primary N) is 1. The Hall–Kier alpha value is -0.570. The lowest BCUT2D eigenvalue weighted by Gasteiger charge is -2.21. The van der Waals surface area contributed by atoms with Gasteiger partial charge in [-0.25, -0.2) is 0 Å². The highest BCUT2D eigenvalue weighted by Crippen LogP contribution is 2.08. The number of rotatable bonds is 6. The van der Waals surface area contributed by atoms with Crippen molar-refractivity contribution in [3.63, 3.8) is 0 Å². The lowest BCUT2D eigenvalue weighted by molar-refractivity contribution is -0.131. The molecular formula is C10H22N2O. The third-order valence-electron chi connectivity index (χ3n) is 2.35. The zero-order chi connectivity index (χ0) is 10.3. The van der Waals surface area contributed by atoms with E-state index in [-0.39, 0.29) is 5.91 Å². The van der Waals surface area contributed by atoms with Crippen molar-refractivity contribution in [1.29, 1.82) is 0 Å². The number of carbonyl (C=O) groups excluding carboxylic acids is 1. The minimum Gasteiger partial charge on any atom is -0.342 e. The molecule has 0 aliphatic carbocycles. The van der Waals surface area contributed by atoms with Crippen LogP contribution < -0.4 is 5.73 Å². The molecule has 13 heavy (non-hydrogen) atoms. The molecular weight excluding hydrogens is 164 g/mol. The van der Waals surface area contributed by atoms with E-state index >= 15 is 0 Å². The van der Waals surface area contributed by atoms with Crippen molar-refractivity contribution >= 4 is 5.91 Å². The molecule has 0 fully saturated rings. The molecule has 0 radical (unpaired) electrons. The molecule has 0 saturated carbocycles. The van der Waals surface area contributed by atoms with E-state index < -0.39 is 0 Å². The quantitative estimate of drug-likeness (QED) is 0.678. The molecule has 0 spiro atoms. The minimum atomic E-state index is 0.238. The van der Waals surface area contributed by atoms with Gasteiger partial charge in [-0.2, -0.15) is 0 Å². The molecule has 0 aromatic rings. The monoisotopic (exact) mass is 186 g/mol. The maximum absolute atomic E-state index is 11.6. The van der Waals surface area contributed by atoms with Crippen molar-refractivity contribution in [2.45, 2.75) is 33.6 Å². The number of nitrogens with zero attached hydrogens (tertiary/aromatic N) is 1. The second kappa shape index (κ2) is 6.89. The van der Waals surface area contributed by atoms with Gasteiger partial charge >= 0.3 is 0 Å². The van der Waals surface area contributed by atoms with Gasteiger partial charge < -0.3 is 10.6 Å². The van der Waals surface area contributed by atoms with Gasteiger partial charge in [0.1, 0.15) is 0 Å². The Balaban J connectivity index is 3.90. The summed E-state index contributed by atoms with van der Waals surface area (Å²) in [6.45, 7) is 8.22. The van der Waals surface area contributed by atoms with Crippen molar-refractivity contribution in [2.24, 2.45) is 11.7 Å². The summed E-state index contributed by atoms with van der Waals surface area (Å²) in [7, 11) is 0. The summed E-state index contributed by atoms with van der Waals surface area (Å²) in [4.78, 5) is 13.4. The second-order valence-corrected chi connectivity index (χ2v) is 3.48. The van der Waals surface area contributed by atoms with Gasteiger partial charge in [-0.3, -0.25) is 4.79 Å². The molecule has 0 aliphatic heterocycles. The first-order valence-electron chi connectivity index (χ1n) is 5.13. The van der Waals surface area contributed by atoms with Gasteiger partial charge in [0.15, 0.2) is 0 Å². The maximum Gasteiger partial charge on any atom is 0.222 e. The average Bonchev–Trinajstić information content (AvgIpc) is 2.13. The van der Waals surface area contributed by atoms with Gasteiger partial charge in [0, 0.05) is 26.1 Å². The van der Waals surface area contributed by atoms with E-state index in [2.05, 4.69) is 13.8 Å². The van der Waals surface area contributed by atoms with Gasteiger partial charge in [-0.05, 0) is 12.8 Å². The Labute approximate surface area is 81.3 Å². The molecule has 1 amide bonds. The second-order valence-electron chi connectivity index (χ2n) is 3.48. The van der Waals surface area contributed by atoms with Crippen LogP contribution in [-0.4, -0.2) is 30.4 Å². The van der Waals surface area contributed by atoms with Crippen molar-refractivity contribution in [1.82, 2.24) is 4.90 Å². The van der Waals surface area contributed by atoms with Gasteiger partial charge in [0.05, 0.1) is 0 Å². The van der Waals surface area contributed by atoms with Crippen molar-refractivity contribution < 1.29 is 4.79 Å². The molecule has 1 atom stereocenters. The summed E-state index contributed by atoms with van der Waals surface area (Å²) >= 11 is 0. The lowest BCUT2D eigenvalue weighted by Crippen LogP contribution is -2.35. The molecule has 0 aliphatic rings. The first-order valence-corrected chi connectivity index (χ1v) is 5.13. The van der Waals surface area contributed by atoms with E-state index in [4.69, 9.17) is 5.73 Å². The Kier molecular flexibility index (Phi) is 6.59. The number of hydrogen-bond donors (Lipinski definition) is 1. The topological polar surface area (TPSA) is 46.3 Å². The van der Waals surface area contributed by atoms with Crippen LogP contribution >= 0.6 is 0 Å². The molecule has 78 valence electrons. The first-order chi connectivity index (χ1) is 6.15. The Morgan fingerprint density at radius 3 is 2.46 bits per heavy atom. The predicted molar refractivity (Wildman–Crippen MR) is 55.4 cm³/mol. The Morgan fingerprint density at radius 2 is 2.08 bits per heavy atom. The Bertz CT molecular complexity index is 148. The fourth-order valence-electron chi connectivity index (χ4n) is 1.19. The molecule has 0 bridgehead atoms. The fraction of sp³-hybridized carbons (Fsp3) is 0.900. The van der Waals surface area contributed by atoms with Crippen LogP contribution in [-0.2, 0) is 4.79 Å². The van der Waals surface area contributed by atoms with Crippen LogP contribution in [0.15, 0.2) is 0 Å². The highest BCUT2D eigenvalue weighted by atomic mass is 16.2. The average molecular weight is 186 g/mol. The van der Waals surface area contributed by atoms with Gasteiger partial charge in [0.2, 0.25) is 5.91 Å². The van der Waals surface area contributed by atoms with Crippen LogP contribution in [0, 0.1) is 5.92 Å². The van der Waals surface area contributed by atoms with E-state index in [1.165, 1.54) is 0 Å². The van der Waals surface area contributed by atoms with Crippen LogP contribution in [0.5, 0.6) is 0 Å². The van der Waals surface area contributed by atoms with E-state index in [9.17, 15) is 4.79 Å². The summed E-state index contributed by atoms with van der Waals surface area (Å²) in [5, 5.41) is 0. The molecule has 0 aromatic carbocycles. The van der Waals surface area contributed by atoms with Gasteiger partial charge in [-0.15, -0.1) is 0 Å². The van der Waals surface area contributed by atoms with Gasteiger partial charge in [-0.1, -0.05) is 20.3 Å². The predicted octanol–water partition coefficient (Wildman–Crippen LogP) is 1.23. The normalized spacial score (nSPS) is 12.6. The summed E-state index contributed by atoms with van der Waals surface area (Å²) < 4.78 is 0. The summed E-state index contributed by atoms with van der Waals surface area (Å²) in [5.74, 6) is 0.724. The zero-order valence-electron chi connectivity index (χ0n) is 9.05. The molecule has 0 rings (SSSR count). The zero-order valence-corrected chi connectivity index (χ0v) is 9.05. The van der Waals surface area contributed by atoms with E-state index in [0.717, 1.165) is 13.0 Å². The SMILES string of the molecule is CCC(C)CC(=O)N(CC)CCN. The van der Waals surface area contributed by atoms with Crippen LogP contribution in [0.1, 0.15) is 33.6 Å². The number of carbonyl (C=O) groups is 1. The highest BCUT2D eigenvalue weighted by Gasteiger charge is 2.13. The van der Waals surface area contributed by atoms with Crippen LogP contribution in [0.3, 0.4) is 0 Å². The smallest absolute Gasteiger partial charge is 0.222 e. The van der Waals surface area contributed by atoms with Crippen LogP contribution in [0.25, 0.3) is 0 Å². The molecule has 3 heteroatoms. The van der Waals surface area contributed by atoms with Crippen molar-refractivity contribution in [3.05, 3.63) is 0 Å². The van der Waals surface area contributed by atoms with Crippen LogP contribution in [0.2, 0.25) is 0 Å². The Morgan fingerprint density at radius 1 is 1.46 bits per heavy atom. The number of amides is 1. The molecule has 1 unspecified atom stereocenters. The number of hydrogen-bond acceptors (Lipinski definition) is 2. The standard InChI is InChI=1S/C10H22N2O/c1-4-9(3)8-10(13)12(5-2)7-6-11/h9H,4-8,11H2,1-3H3. The molecule has 0 heterocycles. The van der Waals surface area contributed by atoms with Gasteiger partial charge in [0.25, 0.3) is 0 Å². The molecule has 0 aromatic heterocycles. The van der Waals surface area contributed by atoms with E-state index in [1.54, 1.807) is 0 Å². The fourth-order valence-corrected chi connectivity index (χ4v) is 1.19. The molecule has 0 saturated heterocycles. The van der Waals surface area contributed by atoms with E-state index in [1.807, 2.05) is 11.8 Å². The number of likely N-dealkylation sites (N-methyl/N-ethyl adjacent to an activating group) is 1. The maximum atomic E-state index is 11.6. The summed E-state index contributed by atoms with van der Waals surface area (Å²) in [6.07, 6.45) is 1.72. The highest BCUT2D eigenvalue weighted by molar-refractivity contribution is 5.76. The van der Waals surface area contributed by atoms with Crippen molar-refractivity contribution in [2.75, 3.05) is 19.6 Å². The molecule has 2 N–H and O–H groups in total. The lowest BCUT2D eigenvalue weighted by atomic mass is 10.0.